The molecule has 1 aromatic rings. The summed E-state index contributed by atoms with van der Waals surface area (Å²) in [5.74, 6) is -0.368. The summed E-state index contributed by atoms with van der Waals surface area (Å²) in [4.78, 5) is 11.5. The number of urea groups is 1. The zero-order valence-corrected chi connectivity index (χ0v) is 12.5. The van der Waals surface area contributed by atoms with Gasteiger partial charge in [0.1, 0.15) is 5.75 Å². The Hall–Kier alpha value is -2.78. The monoisotopic (exact) mass is 343 g/mol. The van der Waals surface area contributed by atoms with E-state index in [9.17, 15) is 18.0 Å². The van der Waals surface area contributed by atoms with E-state index in [2.05, 4.69) is 25.8 Å². The Kier molecular flexibility index (Phi) is 5.61. The lowest BCUT2D eigenvalue weighted by Gasteiger charge is -2.10. The van der Waals surface area contributed by atoms with E-state index in [0.29, 0.717) is 5.69 Å². The highest BCUT2D eigenvalue weighted by atomic mass is 19.4. The number of ether oxygens (including phenoxy) is 1. The van der Waals surface area contributed by atoms with E-state index in [0.717, 1.165) is 18.9 Å². The predicted molar refractivity (Wildman–Crippen MR) is 79.5 cm³/mol. The second-order valence-corrected chi connectivity index (χ2v) is 5.07. The van der Waals surface area contributed by atoms with E-state index in [1.807, 2.05) is 0 Å². The van der Waals surface area contributed by atoms with Crippen LogP contribution in [0.4, 0.5) is 23.7 Å². The molecule has 1 aliphatic carbocycles. The molecule has 1 aromatic carbocycles. The number of anilines is 1. The van der Waals surface area contributed by atoms with E-state index < -0.39 is 6.36 Å². The van der Waals surface area contributed by atoms with Crippen molar-refractivity contribution in [3.63, 3.8) is 0 Å². The van der Waals surface area contributed by atoms with E-state index in [1.54, 1.807) is 0 Å². The third-order valence-corrected chi connectivity index (χ3v) is 2.96. The summed E-state index contributed by atoms with van der Waals surface area (Å²) in [5, 5.41) is 11.2. The molecule has 0 aliphatic heterocycles. The molecule has 2 amide bonds. The molecule has 4 N–H and O–H groups in total. The zero-order chi connectivity index (χ0) is 17.6. The largest absolute Gasteiger partial charge is 0.573 e. The summed E-state index contributed by atoms with van der Waals surface area (Å²) in [6.07, 6.45) is -1.54. The van der Waals surface area contributed by atoms with Gasteiger partial charge >= 0.3 is 12.4 Å². The molecule has 1 saturated carbocycles. The maximum absolute atomic E-state index is 12.2. The Morgan fingerprint density at radius 2 is 2.17 bits per heavy atom. The average molecular weight is 343 g/mol. The number of alkyl halides is 3. The van der Waals surface area contributed by atoms with Crippen molar-refractivity contribution in [1.82, 2.24) is 10.6 Å². The van der Waals surface area contributed by atoms with Crippen LogP contribution >= 0.6 is 0 Å². The minimum absolute atomic E-state index is 0.00773. The summed E-state index contributed by atoms with van der Waals surface area (Å²) in [6, 6.07) is 5.08. The number of halogens is 3. The first kappa shape index (κ1) is 17.6. The Labute approximate surface area is 135 Å². The highest BCUT2D eigenvalue weighted by Crippen LogP contribution is 2.25. The van der Waals surface area contributed by atoms with Crippen LogP contribution in [0.5, 0.6) is 5.75 Å². The molecule has 0 bridgehead atoms. The maximum atomic E-state index is 12.2. The standard InChI is InChI=1S/C14H16F3N5O2/c15-14(16,17)24-12-3-1-2-10(6-12)19-7-11(22-18)8-20-13(23)21-9-4-5-9/h1-3,6-7,9,18-19H,4-5,8H2,(H2,20,21,23)/b11-7-,22-18?. The molecule has 0 saturated heterocycles. The molecule has 10 heteroatoms. The van der Waals surface area contributed by atoms with Gasteiger partial charge in [-0.05, 0) is 25.0 Å². The topological polar surface area (TPSA) is 98.6 Å². The molecule has 0 radical (unpaired) electrons. The summed E-state index contributed by atoms with van der Waals surface area (Å²) < 4.78 is 40.3. The predicted octanol–water partition coefficient (Wildman–Crippen LogP) is 3.33. The van der Waals surface area contributed by atoms with Crippen LogP contribution in [-0.4, -0.2) is 25.0 Å². The van der Waals surface area contributed by atoms with Crippen LogP contribution in [-0.2, 0) is 0 Å². The molecule has 7 nitrogen and oxygen atoms in total. The average Bonchev–Trinajstić information content (AvgIpc) is 3.30. The molecule has 2 rings (SSSR count). The van der Waals surface area contributed by atoms with Crippen molar-refractivity contribution in [2.45, 2.75) is 25.2 Å². The summed E-state index contributed by atoms with van der Waals surface area (Å²) in [7, 11) is 0. The van der Waals surface area contributed by atoms with Gasteiger partial charge in [-0.3, -0.25) is 0 Å². The van der Waals surface area contributed by atoms with Crippen molar-refractivity contribution in [2.24, 2.45) is 5.11 Å². The minimum atomic E-state index is -4.77. The number of hydrogen-bond acceptors (Lipinski definition) is 5. The fraction of sp³-hybridized carbons (Fsp3) is 0.357. The first-order valence-electron chi connectivity index (χ1n) is 7.09. The third kappa shape index (κ3) is 6.55. The van der Waals surface area contributed by atoms with E-state index in [-0.39, 0.29) is 30.1 Å². The number of nitrogens with one attached hydrogen (secondary N) is 4. The van der Waals surface area contributed by atoms with Crippen LogP contribution in [0, 0.1) is 5.53 Å². The van der Waals surface area contributed by atoms with E-state index in [1.165, 1.54) is 24.4 Å². The zero-order valence-electron chi connectivity index (χ0n) is 12.5. The summed E-state index contributed by atoms with van der Waals surface area (Å²) in [6.45, 7) is 0.00773. The van der Waals surface area contributed by atoms with Gasteiger partial charge in [0.15, 0.2) is 0 Å². The van der Waals surface area contributed by atoms with Crippen LogP contribution in [0.25, 0.3) is 0 Å². The Balaban J connectivity index is 1.88. The molecule has 24 heavy (non-hydrogen) atoms. The second-order valence-electron chi connectivity index (χ2n) is 5.07. The molecule has 1 aliphatic rings. The first-order valence-corrected chi connectivity index (χ1v) is 7.09. The van der Waals surface area contributed by atoms with Gasteiger partial charge < -0.3 is 20.7 Å². The Morgan fingerprint density at radius 1 is 1.42 bits per heavy atom. The molecule has 1 fully saturated rings. The highest BCUT2D eigenvalue weighted by molar-refractivity contribution is 5.74. The van der Waals surface area contributed by atoms with Crippen molar-refractivity contribution in [3.05, 3.63) is 36.2 Å². The van der Waals surface area contributed by atoms with Gasteiger partial charge in [0, 0.05) is 24.0 Å². The van der Waals surface area contributed by atoms with Crippen LogP contribution in [0.15, 0.2) is 41.3 Å². The second kappa shape index (κ2) is 7.66. The van der Waals surface area contributed by atoms with Crippen molar-refractivity contribution >= 4 is 11.7 Å². The molecule has 0 heterocycles. The number of carbonyl (C=O) groups excluding carboxylic acids is 1. The fourth-order valence-electron chi connectivity index (χ4n) is 1.71. The lowest BCUT2D eigenvalue weighted by molar-refractivity contribution is -0.274. The summed E-state index contributed by atoms with van der Waals surface area (Å²) >= 11 is 0. The number of benzene rings is 1. The van der Waals surface area contributed by atoms with Crippen LogP contribution < -0.4 is 20.7 Å². The van der Waals surface area contributed by atoms with Crippen LogP contribution in [0.1, 0.15) is 12.8 Å². The summed E-state index contributed by atoms with van der Waals surface area (Å²) in [5.41, 5.74) is 7.57. The van der Waals surface area contributed by atoms with E-state index >= 15 is 0 Å². The number of carbonyl (C=O) groups is 1. The number of amides is 2. The third-order valence-electron chi connectivity index (χ3n) is 2.96. The van der Waals surface area contributed by atoms with E-state index in [4.69, 9.17) is 5.53 Å². The molecule has 0 atom stereocenters. The van der Waals surface area contributed by atoms with Gasteiger partial charge in [-0.1, -0.05) is 6.07 Å². The van der Waals surface area contributed by atoms with Gasteiger partial charge in [0.25, 0.3) is 0 Å². The van der Waals surface area contributed by atoms with Crippen molar-refractivity contribution in [3.8, 4) is 5.75 Å². The number of hydrogen-bond donors (Lipinski definition) is 4. The number of rotatable bonds is 7. The quantitative estimate of drug-likeness (QED) is 0.572. The molecule has 130 valence electrons. The Bertz CT molecular complexity index is 629. The molecular formula is C14H16F3N5O2. The lowest BCUT2D eigenvalue weighted by atomic mass is 10.3. The van der Waals surface area contributed by atoms with Gasteiger partial charge in [0.05, 0.1) is 12.2 Å². The lowest BCUT2D eigenvalue weighted by Crippen LogP contribution is -2.37. The smallest absolute Gasteiger partial charge is 0.406 e. The van der Waals surface area contributed by atoms with Gasteiger partial charge in [-0.15, -0.1) is 13.2 Å². The molecular weight excluding hydrogens is 327 g/mol. The number of nitrogens with zero attached hydrogens (tertiary/aromatic N) is 1. The molecule has 0 aromatic heterocycles. The molecule has 0 unspecified atom stereocenters. The van der Waals surface area contributed by atoms with Gasteiger partial charge in [0.2, 0.25) is 0 Å². The fourth-order valence-corrected chi connectivity index (χ4v) is 1.71. The van der Waals surface area contributed by atoms with Gasteiger partial charge in [-0.2, -0.15) is 5.11 Å². The maximum Gasteiger partial charge on any atom is 0.573 e. The highest BCUT2D eigenvalue weighted by Gasteiger charge is 2.31. The van der Waals surface area contributed by atoms with Crippen LogP contribution in [0.2, 0.25) is 0 Å². The van der Waals surface area contributed by atoms with Crippen molar-refractivity contribution in [2.75, 3.05) is 11.9 Å². The normalized spacial score (nSPS) is 14.7. The first-order chi connectivity index (χ1) is 11.4. The SMILES string of the molecule is N=N/C(=C\Nc1cccc(OC(F)(F)F)c1)CNC(=O)NC1CC1. The Morgan fingerprint density at radius 3 is 2.79 bits per heavy atom. The van der Waals surface area contributed by atoms with Gasteiger partial charge in [-0.25, -0.2) is 10.3 Å². The minimum Gasteiger partial charge on any atom is -0.406 e. The molecule has 0 spiro atoms. The van der Waals surface area contributed by atoms with Crippen molar-refractivity contribution in [1.29, 1.82) is 5.53 Å². The van der Waals surface area contributed by atoms with Crippen LogP contribution in [0.3, 0.4) is 0 Å². The van der Waals surface area contributed by atoms with Crippen molar-refractivity contribution < 1.29 is 22.7 Å².